The lowest BCUT2D eigenvalue weighted by Crippen LogP contribution is -2.51. The van der Waals surface area contributed by atoms with Crippen LogP contribution in [0.3, 0.4) is 0 Å². The zero-order chi connectivity index (χ0) is 11.9. The van der Waals surface area contributed by atoms with Crippen molar-refractivity contribution >= 4 is 10.1 Å². The minimum absolute atomic E-state index is 0.0116. The minimum Gasteiger partial charge on any atom is -0.263 e. The fourth-order valence-electron chi connectivity index (χ4n) is 4.69. The van der Waals surface area contributed by atoms with E-state index in [1.54, 1.807) is 0 Å². The molecule has 0 aromatic rings. The van der Waals surface area contributed by atoms with E-state index < -0.39 is 15.7 Å². The Labute approximate surface area is 97.7 Å². The van der Waals surface area contributed by atoms with Crippen molar-refractivity contribution in [3.63, 3.8) is 0 Å². The molecule has 3 rings (SSSR count). The Morgan fingerprint density at radius 1 is 1.25 bits per heavy atom. The van der Waals surface area contributed by atoms with Crippen molar-refractivity contribution in [2.45, 2.75) is 51.4 Å². The zero-order valence-corrected chi connectivity index (χ0v) is 11.2. The Morgan fingerprint density at radius 2 is 1.88 bits per heavy atom. The Balaban J connectivity index is 2.18. The molecule has 3 aliphatic rings. The van der Waals surface area contributed by atoms with E-state index in [-0.39, 0.29) is 16.6 Å². The predicted octanol–water partition coefficient (Wildman–Crippen LogP) is 2.18. The van der Waals surface area contributed by atoms with Crippen LogP contribution in [0.4, 0.5) is 0 Å². The van der Waals surface area contributed by atoms with Gasteiger partial charge in [0.2, 0.25) is 0 Å². The lowest BCUT2D eigenvalue weighted by molar-refractivity contribution is -0.0761. The van der Waals surface area contributed by atoms with Gasteiger partial charge < -0.3 is 0 Å². The molecule has 2 aliphatic carbocycles. The number of fused-ring (bicyclic) bond motifs is 1. The maximum Gasteiger partial charge on any atom is 0.271 e. The van der Waals surface area contributed by atoms with E-state index in [2.05, 4.69) is 20.8 Å². The number of rotatable bonds is 1. The molecule has 3 nitrogen and oxygen atoms in total. The fourth-order valence-corrected chi connectivity index (χ4v) is 6.84. The maximum absolute atomic E-state index is 12.0. The van der Waals surface area contributed by atoms with Crippen LogP contribution in [-0.2, 0) is 14.3 Å². The van der Waals surface area contributed by atoms with Crippen LogP contribution in [0.15, 0.2) is 0 Å². The molecule has 2 saturated carbocycles. The Morgan fingerprint density at radius 3 is 2.44 bits per heavy atom. The third-order valence-electron chi connectivity index (χ3n) is 5.99. The highest BCUT2D eigenvalue weighted by Crippen LogP contribution is 2.70. The summed E-state index contributed by atoms with van der Waals surface area (Å²) in [5, 5.41) is -0.214. The van der Waals surface area contributed by atoms with Gasteiger partial charge in [0, 0.05) is 11.3 Å². The van der Waals surface area contributed by atoms with Crippen molar-refractivity contribution in [2.24, 2.45) is 23.2 Å². The third kappa shape index (κ3) is 0.894. The van der Waals surface area contributed by atoms with Crippen molar-refractivity contribution in [3.8, 4) is 0 Å². The molecule has 92 valence electrons. The van der Waals surface area contributed by atoms with E-state index in [0.717, 1.165) is 12.8 Å². The van der Waals surface area contributed by atoms with Crippen LogP contribution in [0.5, 0.6) is 0 Å². The predicted molar refractivity (Wildman–Crippen MR) is 61.4 cm³/mol. The third-order valence-corrected chi connectivity index (χ3v) is 7.83. The summed E-state index contributed by atoms with van der Waals surface area (Å²) in [7, 11) is -3.29. The number of hydrogen-bond donors (Lipinski definition) is 0. The molecule has 0 radical (unpaired) electrons. The van der Waals surface area contributed by atoms with Gasteiger partial charge in [-0.15, -0.1) is 0 Å². The average Bonchev–Trinajstić information content (AvgIpc) is 2.69. The topological polar surface area (TPSA) is 43.4 Å². The van der Waals surface area contributed by atoms with Gasteiger partial charge in [-0.1, -0.05) is 20.8 Å². The molecule has 16 heavy (non-hydrogen) atoms. The van der Waals surface area contributed by atoms with E-state index in [0.29, 0.717) is 11.8 Å². The summed E-state index contributed by atoms with van der Waals surface area (Å²) in [4.78, 5) is 0. The largest absolute Gasteiger partial charge is 0.271 e. The van der Waals surface area contributed by atoms with E-state index in [1.165, 1.54) is 0 Å². The molecular formula is C12H20O3S. The average molecular weight is 244 g/mol. The van der Waals surface area contributed by atoms with Gasteiger partial charge in [0.25, 0.3) is 10.1 Å². The van der Waals surface area contributed by atoms with Gasteiger partial charge in [0.15, 0.2) is 0 Å². The summed E-state index contributed by atoms with van der Waals surface area (Å²) in [6.07, 6.45) is 1.85. The molecule has 5 unspecified atom stereocenters. The molecule has 0 aromatic carbocycles. The standard InChI is InChI=1S/C12H20O3S/c1-7(2)11(3)8-5-9-10(6-8)16(13,14)15-12(9,11)4/h7-10H,5-6H2,1-4H3. The monoisotopic (exact) mass is 244 g/mol. The van der Waals surface area contributed by atoms with Gasteiger partial charge in [0.05, 0.1) is 10.9 Å². The first-order valence-corrected chi connectivity index (χ1v) is 7.65. The van der Waals surface area contributed by atoms with Crippen LogP contribution in [0.25, 0.3) is 0 Å². The highest BCUT2D eigenvalue weighted by Gasteiger charge is 2.75. The lowest BCUT2D eigenvalue weighted by atomic mass is 9.59. The highest BCUT2D eigenvalue weighted by molar-refractivity contribution is 7.87. The van der Waals surface area contributed by atoms with Crippen molar-refractivity contribution in [1.29, 1.82) is 0 Å². The SMILES string of the molecule is CC(C)C1(C)C2CC3C(C2)S(=O)(=O)OC31C. The molecule has 0 N–H and O–H groups in total. The van der Waals surface area contributed by atoms with E-state index >= 15 is 0 Å². The minimum atomic E-state index is -3.29. The van der Waals surface area contributed by atoms with E-state index in [4.69, 9.17) is 4.18 Å². The molecule has 3 fully saturated rings. The molecule has 1 saturated heterocycles. The van der Waals surface area contributed by atoms with Gasteiger partial charge in [-0.3, -0.25) is 4.18 Å². The molecule has 1 aliphatic heterocycles. The van der Waals surface area contributed by atoms with Crippen molar-refractivity contribution < 1.29 is 12.6 Å². The van der Waals surface area contributed by atoms with Crippen LogP contribution >= 0.6 is 0 Å². The number of hydrogen-bond acceptors (Lipinski definition) is 3. The van der Waals surface area contributed by atoms with Gasteiger partial charge in [0.1, 0.15) is 0 Å². The summed E-state index contributed by atoms with van der Waals surface area (Å²) < 4.78 is 29.5. The summed E-state index contributed by atoms with van der Waals surface area (Å²) >= 11 is 0. The molecule has 0 spiro atoms. The van der Waals surface area contributed by atoms with Gasteiger partial charge in [-0.2, -0.15) is 8.42 Å². The zero-order valence-electron chi connectivity index (χ0n) is 10.4. The normalized spacial score (nSPS) is 57.4. The van der Waals surface area contributed by atoms with Gasteiger partial charge >= 0.3 is 0 Å². The van der Waals surface area contributed by atoms with Gasteiger partial charge in [-0.25, -0.2) is 0 Å². The Bertz CT molecular complexity index is 441. The van der Waals surface area contributed by atoms with Crippen LogP contribution in [0, 0.1) is 23.2 Å². The molecule has 0 amide bonds. The van der Waals surface area contributed by atoms with Crippen LogP contribution in [0.1, 0.15) is 40.5 Å². The smallest absolute Gasteiger partial charge is 0.263 e. The molecule has 0 aromatic heterocycles. The Kier molecular flexibility index (Phi) is 1.84. The quantitative estimate of drug-likeness (QED) is 0.664. The van der Waals surface area contributed by atoms with E-state index in [1.807, 2.05) is 6.92 Å². The molecular weight excluding hydrogens is 224 g/mol. The molecule has 4 heteroatoms. The van der Waals surface area contributed by atoms with E-state index in [9.17, 15) is 8.42 Å². The second-order valence-corrected chi connectivity index (χ2v) is 8.19. The Hall–Kier alpha value is -0.0900. The van der Waals surface area contributed by atoms with Crippen molar-refractivity contribution in [2.75, 3.05) is 0 Å². The summed E-state index contributed by atoms with van der Waals surface area (Å²) in [6, 6.07) is 0. The highest BCUT2D eigenvalue weighted by atomic mass is 32.2. The van der Waals surface area contributed by atoms with Crippen LogP contribution < -0.4 is 0 Å². The fraction of sp³-hybridized carbons (Fsp3) is 1.00. The second kappa shape index (κ2) is 2.66. The molecule has 5 atom stereocenters. The second-order valence-electron chi connectivity index (χ2n) is 6.43. The molecule has 1 heterocycles. The first-order valence-electron chi connectivity index (χ1n) is 6.18. The summed E-state index contributed by atoms with van der Waals surface area (Å²) in [5.74, 6) is 1.21. The molecule has 2 bridgehead atoms. The van der Waals surface area contributed by atoms with Crippen LogP contribution in [-0.4, -0.2) is 19.3 Å². The van der Waals surface area contributed by atoms with Gasteiger partial charge in [-0.05, 0) is 31.6 Å². The lowest BCUT2D eigenvalue weighted by Gasteiger charge is -2.47. The summed E-state index contributed by atoms with van der Waals surface area (Å²) in [5.41, 5.74) is -0.439. The summed E-state index contributed by atoms with van der Waals surface area (Å²) in [6.45, 7) is 8.62. The first-order chi connectivity index (χ1) is 7.23. The van der Waals surface area contributed by atoms with Crippen LogP contribution in [0.2, 0.25) is 0 Å². The maximum atomic E-state index is 12.0. The van der Waals surface area contributed by atoms with Crippen molar-refractivity contribution in [3.05, 3.63) is 0 Å². The van der Waals surface area contributed by atoms with Crippen molar-refractivity contribution in [1.82, 2.24) is 0 Å². The first kappa shape index (κ1) is 11.0.